The normalized spacial score (nSPS) is 11.5. The average Bonchev–Trinajstić information content (AvgIpc) is 2.20. The zero-order valence-electron chi connectivity index (χ0n) is 9.24. The van der Waals surface area contributed by atoms with Crippen molar-refractivity contribution in [3.8, 4) is 0 Å². The van der Waals surface area contributed by atoms with Crippen LogP contribution in [0.4, 0.5) is 8.78 Å². The van der Waals surface area contributed by atoms with E-state index in [4.69, 9.17) is 0 Å². The number of sulfone groups is 1. The van der Waals surface area contributed by atoms with Crippen LogP contribution in [0.2, 0.25) is 0 Å². The molecule has 1 aromatic rings. The third-order valence-corrected chi connectivity index (χ3v) is 3.13. The van der Waals surface area contributed by atoms with E-state index < -0.39 is 33.7 Å². The Morgan fingerprint density at radius 2 is 1.76 bits per heavy atom. The van der Waals surface area contributed by atoms with Gasteiger partial charge in [0.2, 0.25) is 0 Å². The number of hydrogen-bond acceptors (Lipinski definition) is 3. The minimum Gasteiger partial charge on any atom is -0.299 e. The number of rotatable bonds is 5. The van der Waals surface area contributed by atoms with Gasteiger partial charge in [0.15, 0.2) is 0 Å². The first-order valence-corrected chi connectivity index (χ1v) is 6.98. The zero-order valence-corrected chi connectivity index (χ0v) is 10.1. The van der Waals surface area contributed by atoms with Crippen LogP contribution in [0, 0.1) is 11.6 Å². The molecule has 0 heterocycles. The molecule has 0 aliphatic carbocycles. The van der Waals surface area contributed by atoms with E-state index in [0.29, 0.717) is 0 Å². The van der Waals surface area contributed by atoms with Gasteiger partial charge in [-0.25, -0.2) is 17.2 Å². The summed E-state index contributed by atoms with van der Waals surface area (Å²) in [6.45, 7) is 0. The van der Waals surface area contributed by atoms with E-state index >= 15 is 0 Å². The van der Waals surface area contributed by atoms with Gasteiger partial charge in [0.1, 0.15) is 27.3 Å². The smallest absolute Gasteiger partial charge is 0.147 e. The van der Waals surface area contributed by atoms with E-state index in [0.717, 1.165) is 18.4 Å². The Labute approximate surface area is 98.4 Å². The van der Waals surface area contributed by atoms with Gasteiger partial charge in [-0.3, -0.25) is 4.79 Å². The molecule has 0 amide bonds. The fraction of sp³-hybridized carbons (Fsp3) is 0.364. The maximum absolute atomic E-state index is 13.2. The number of halogens is 2. The van der Waals surface area contributed by atoms with Crippen molar-refractivity contribution in [2.24, 2.45) is 0 Å². The van der Waals surface area contributed by atoms with Crippen LogP contribution in [0.15, 0.2) is 18.2 Å². The summed E-state index contributed by atoms with van der Waals surface area (Å²) in [6.07, 6.45) is 0.352. The number of hydrogen-bond donors (Lipinski definition) is 0. The molecule has 0 bridgehead atoms. The van der Waals surface area contributed by atoms with Crippen molar-refractivity contribution in [1.29, 1.82) is 0 Å². The average molecular weight is 262 g/mol. The van der Waals surface area contributed by atoms with Gasteiger partial charge in [0.05, 0.1) is 5.75 Å². The van der Waals surface area contributed by atoms with Crippen LogP contribution in [-0.4, -0.2) is 26.2 Å². The molecular formula is C11H12F2O3S. The minimum absolute atomic E-state index is 0.230. The summed E-state index contributed by atoms with van der Waals surface area (Å²) in [7, 11) is -3.24. The molecule has 6 heteroatoms. The summed E-state index contributed by atoms with van der Waals surface area (Å²) in [4.78, 5) is 11.4. The maximum atomic E-state index is 13.2. The van der Waals surface area contributed by atoms with Gasteiger partial charge in [-0.2, -0.15) is 0 Å². The van der Waals surface area contributed by atoms with E-state index in [2.05, 4.69) is 0 Å². The summed E-state index contributed by atoms with van der Waals surface area (Å²) < 4.78 is 48.0. The molecule has 0 N–H and O–H groups in total. The molecular weight excluding hydrogens is 250 g/mol. The van der Waals surface area contributed by atoms with Gasteiger partial charge in [-0.05, 0) is 12.1 Å². The quantitative estimate of drug-likeness (QED) is 0.808. The SMILES string of the molecule is CS(=O)(=O)CCC(=O)Cc1c(F)cccc1F. The molecule has 0 aliphatic heterocycles. The second-order valence-electron chi connectivity index (χ2n) is 3.80. The molecule has 0 aliphatic rings. The van der Waals surface area contributed by atoms with Crippen molar-refractivity contribution >= 4 is 15.6 Å². The molecule has 3 nitrogen and oxygen atoms in total. The summed E-state index contributed by atoms with van der Waals surface area (Å²) >= 11 is 0. The Morgan fingerprint density at radius 3 is 2.24 bits per heavy atom. The highest BCUT2D eigenvalue weighted by Crippen LogP contribution is 2.13. The van der Waals surface area contributed by atoms with Crippen molar-refractivity contribution in [3.05, 3.63) is 35.4 Å². The number of Topliss-reactive ketones (excluding diaryl/α,β-unsaturated/α-hetero) is 1. The largest absolute Gasteiger partial charge is 0.299 e. The van der Waals surface area contributed by atoms with E-state index in [-0.39, 0.29) is 17.7 Å². The highest BCUT2D eigenvalue weighted by Gasteiger charge is 2.14. The van der Waals surface area contributed by atoms with Gasteiger partial charge in [-0.15, -0.1) is 0 Å². The van der Waals surface area contributed by atoms with Crippen molar-refractivity contribution in [2.75, 3.05) is 12.0 Å². The van der Waals surface area contributed by atoms with Crippen LogP contribution in [0.3, 0.4) is 0 Å². The van der Waals surface area contributed by atoms with Gasteiger partial charge >= 0.3 is 0 Å². The lowest BCUT2D eigenvalue weighted by Crippen LogP contribution is -2.12. The Hall–Kier alpha value is -1.30. The topological polar surface area (TPSA) is 51.2 Å². The third kappa shape index (κ3) is 4.60. The highest BCUT2D eigenvalue weighted by atomic mass is 32.2. The fourth-order valence-corrected chi connectivity index (χ4v) is 1.88. The molecule has 0 unspecified atom stereocenters. The zero-order chi connectivity index (χ0) is 13.1. The molecule has 0 radical (unpaired) electrons. The maximum Gasteiger partial charge on any atom is 0.147 e. The Morgan fingerprint density at radius 1 is 1.24 bits per heavy atom. The van der Waals surface area contributed by atoms with Crippen LogP contribution in [0.5, 0.6) is 0 Å². The lowest BCUT2D eigenvalue weighted by Gasteiger charge is -2.03. The summed E-state index contributed by atoms with van der Waals surface area (Å²) in [5.41, 5.74) is -0.314. The Balaban J connectivity index is 2.69. The number of benzene rings is 1. The van der Waals surface area contributed by atoms with Crippen molar-refractivity contribution < 1.29 is 22.0 Å². The fourth-order valence-electron chi connectivity index (χ4n) is 1.29. The molecule has 0 atom stereocenters. The highest BCUT2D eigenvalue weighted by molar-refractivity contribution is 7.90. The molecule has 1 aromatic carbocycles. The van der Waals surface area contributed by atoms with E-state index in [1.807, 2.05) is 0 Å². The van der Waals surface area contributed by atoms with Gasteiger partial charge < -0.3 is 0 Å². The van der Waals surface area contributed by atoms with Crippen molar-refractivity contribution in [3.63, 3.8) is 0 Å². The second-order valence-corrected chi connectivity index (χ2v) is 6.06. The lowest BCUT2D eigenvalue weighted by molar-refractivity contribution is -0.118. The predicted molar refractivity (Wildman–Crippen MR) is 59.4 cm³/mol. The first-order chi connectivity index (χ1) is 7.79. The molecule has 1 rings (SSSR count). The van der Waals surface area contributed by atoms with Crippen LogP contribution >= 0.6 is 0 Å². The van der Waals surface area contributed by atoms with Crippen LogP contribution in [0.1, 0.15) is 12.0 Å². The third-order valence-electron chi connectivity index (χ3n) is 2.19. The van der Waals surface area contributed by atoms with Gasteiger partial charge in [0, 0.05) is 24.7 Å². The molecule has 0 saturated heterocycles. The molecule has 0 aromatic heterocycles. The molecule has 0 saturated carbocycles. The second kappa shape index (κ2) is 5.35. The van der Waals surface area contributed by atoms with Crippen LogP contribution in [-0.2, 0) is 21.1 Å². The molecule has 0 fully saturated rings. The Kier molecular flexibility index (Phi) is 4.34. The van der Waals surface area contributed by atoms with Crippen LogP contribution in [0.25, 0.3) is 0 Å². The van der Waals surface area contributed by atoms with E-state index in [1.165, 1.54) is 6.07 Å². The van der Waals surface area contributed by atoms with Crippen molar-refractivity contribution in [1.82, 2.24) is 0 Å². The summed E-state index contributed by atoms with van der Waals surface area (Å²) in [5.74, 6) is -2.39. The van der Waals surface area contributed by atoms with Gasteiger partial charge in [0.25, 0.3) is 0 Å². The van der Waals surface area contributed by atoms with Crippen LogP contribution < -0.4 is 0 Å². The summed E-state index contributed by atoms with van der Waals surface area (Å²) in [6, 6.07) is 3.32. The molecule has 94 valence electrons. The minimum atomic E-state index is -3.24. The van der Waals surface area contributed by atoms with E-state index in [9.17, 15) is 22.0 Å². The summed E-state index contributed by atoms with van der Waals surface area (Å²) in [5, 5.41) is 0. The molecule has 0 spiro atoms. The monoisotopic (exact) mass is 262 g/mol. The standard InChI is InChI=1S/C11H12F2O3S/c1-17(15,16)6-5-8(14)7-9-10(12)3-2-4-11(9)13/h2-4H,5-7H2,1H3. The first-order valence-electron chi connectivity index (χ1n) is 4.92. The first kappa shape index (κ1) is 13.8. The van der Waals surface area contributed by atoms with Crippen molar-refractivity contribution in [2.45, 2.75) is 12.8 Å². The Bertz CT molecular complexity index is 503. The number of ketones is 1. The molecule has 17 heavy (non-hydrogen) atoms. The lowest BCUT2D eigenvalue weighted by atomic mass is 10.1. The number of carbonyl (C=O) groups excluding carboxylic acids is 1. The number of carbonyl (C=O) groups is 1. The predicted octanol–water partition coefficient (Wildman–Crippen LogP) is 1.51. The van der Waals surface area contributed by atoms with E-state index in [1.54, 1.807) is 0 Å². The van der Waals surface area contributed by atoms with Gasteiger partial charge in [-0.1, -0.05) is 6.07 Å².